The predicted molar refractivity (Wildman–Crippen MR) is 67.6 cm³/mol. The number of carbonyl (C=O) groups is 1. The van der Waals surface area contributed by atoms with Gasteiger partial charge in [0.1, 0.15) is 0 Å². The standard InChI is InChI=1S/C13H21NOS/c1-9-4-5-10-8-13(9,12(10,2)3)14-6-7-16-11(14)15/h9-10H,4-8H2,1-3H3. The molecular weight excluding hydrogens is 218 g/mol. The molecule has 2 bridgehead atoms. The summed E-state index contributed by atoms with van der Waals surface area (Å²) < 4.78 is 0. The van der Waals surface area contributed by atoms with Crippen LogP contribution in [-0.2, 0) is 0 Å². The average Bonchev–Trinajstić information content (AvgIpc) is 2.64. The van der Waals surface area contributed by atoms with Crippen LogP contribution in [0.2, 0.25) is 0 Å². The monoisotopic (exact) mass is 239 g/mol. The summed E-state index contributed by atoms with van der Waals surface area (Å²) in [4.78, 5) is 14.2. The molecule has 3 unspecified atom stereocenters. The van der Waals surface area contributed by atoms with Crippen LogP contribution in [0.1, 0.15) is 40.0 Å². The van der Waals surface area contributed by atoms with E-state index in [1.165, 1.54) is 31.0 Å². The highest BCUT2D eigenvalue weighted by Crippen LogP contribution is 2.67. The van der Waals surface area contributed by atoms with Crippen LogP contribution in [0, 0.1) is 17.3 Å². The number of hydrogen-bond donors (Lipinski definition) is 0. The second-order valence-electron chi connectivity index (χ2n) is 6.29. The molecule has 4 rings (SSSR count). The molecule has 0 spiro atoms. The van der Waals surface area contributed by atoms with Crippen LogP contribution in [0.25, 0.3) is 0 Å². The first-order chi connectivity index (χ1) is 7.50. The highest BCUT2D eigenvalue weighted by molar-refractivity contribution is 8.13. The zero-order valence-electron chi connectivity index (χ0n) is 10.5. The van der Waals surface area contributed by atoms with Crippen molar-refractivity contribution in [1.29, 1.82) is 0 Å². The summed E-state index contributed by atoms with van der Waals surface area (Å²) in [5, 5.41) is 0.334. The van der Waals surface area contributed by atoms with Gasteiger partial charge in [0.05, 0.1) is 5.54 Å². The Morgan fingerprint density at radius 1 is 1.38 bits per heavy atom. The van der Waals surface area contributed by atoms with E-state index in [1.54, 1.807) is 0 Å². The van der Waals surface area contributed by atoms with Crippen molar-refractivity contribution < 1.29 is 4.79 Å². The average molecular weight is 239 g/mol. The fourth-order valence-electron chi connectivity index (χ4n) is 4.59. The molecule has 3 saturated carbocycles. The highest BCUT2D eigenvalue weighted by Gasteiger charge is 2.68. The highest BCUT2D eigenvalue weighted by atomic mass is 32.2. The molecule has 3 atom stereocenters. The van der Waals surface area contributed by atoms with Crippen molar-refractivity contribution in [2.45, 2.75) is 45.6 Å². The zero-order valence-corrected chi connectivity index (χ0v) is 11.3. The summed E-state index contributed by atoms with van der Waals surface area (Å²) in [6, 6.07) is 0. The Balaban J connectivity index is 1.99. The van der Waals surface area contributed by atoms with Crippen LogP contribution in [0.4, 0.5) is 4.79 Å². The van der Waals surface area contributed by atoms with E-state index in [0.29, 0.717) is 16.6 Å². The van der Waals surface area contributed by atoms with E-state index in [0.717, 1.165) is 18.2 Å². The van der Waals surface area contributed by atoms with Crippen molar-refractivity contribution in [3.63, 3.8) is 0 Å². The maximum atomic E-state index is 12.0. The van der Waals surface area contributed by atoms with Gasteiger partial charge in [0.25, 0.3) is 5.24 Å². The van der Waals surface area contributed by atoms with Gasteiger partial charge in [-0.1, -0.05) is 32.5 Å². The van der Waals surface area contributed by atoms with Crippen molar-refractivity contribution in [1.82, 2.24) is 4.90 Å². The topological polar surface area (TPSA) is 20.3 Å². The van der Waals surface area contributed by atoms with Gasteiger partial charge in [0, 0.05) is 12.3 Å². The minimum absolute atomic E-state index is 0.191. The largest absolute Gasteiger partial charge is 0.326 e. The number of hydrogen-bond acceptors (Lipinski definition) is 2. The Morgan fingerprint density at radius 3 is 2.62 bits per heavy atom. The number of nitrogens with zero attached hydrogens (tertiary/aromatic N) is 1. The van der Waals surface area contributed by atoms with Crippen molar-refractivity contribution in [2.24, 2.45) is 17.3 Å². The summed E-state index contributed by atoms with van der Waals surface area (Å²) in [7, 11) is 0. The summed E-state index contributed by atoms with van der Waals surface area (Å²) in [6.07, 6.45) is 3.93. The van der Waals surface area contributed by atoms with E-state index >= 15 is 0 Å². The number of thioether (sulfide) groups is 1. The first-order valence-electron chi connectivity index (χ1n) is 6.44. The van der Waals surface area contributed by atoms with Gasteiger partial charge in [0.15, 0.2) is 0 Å². The van der Waals surface area contributed by atoms with Crippen LogP contribution in [-0.4, -0.2) is 28.0 Å². The normalized spacial score (nSPS) is 45.7. The summed E-state index contributed by atoms with van der Waals surface area (Å²) >= 11 is 1.51. The van der Waals surface area contributed by atoms with Gasteiger partial charge in [-0.15, -0.1) is 0 Å². The molecule has 1 heterocycles. The molecule has 16 heavy (non-hydrogen) atoms. The fraction of sp³-hybridized carbons (Fsp3) is 0.923. The maximum absolute atomic E-state index is 12.0. The number of rotatable bonds is 1. The van der Waals surface area contributed by atoms with E-state index in [2.05, 4.69) is 25.7 Å². The van der Waals surface area contributed by atoms with E-state index in [-0.39, 0.29) is 5.54 Å². The Hall–Kier alpha value is -0.180. The molecule has 4 aliphatic rings. The number of amides is 1. The third kappa shape index (κ3) is 1.04. The van der Waals surface area contributed by atoms with E-state index in [4.69, 9.17) is 0 Å². The molecule has 0 radical (unpaired) electrons. The SMILES string of the molecule is CC1CCC2CC1(N1CCSC1=O)C2(C)C. The molecule has 90 valence electrons. The molecule has 2 nitrogen and oxygen atoms in total. The third-order valence-electron chi connectivity index (χ3n) is 5.70. The summed E-state index contributed by atoms with van der Waals surface area (Å²) in [6.45, 7) is 8.09. The molecule has 3 aliphatic carbocycles. The van der Waals surface area contributed by atoms with Crippen molar-refractivity contribution in [3.8, 4) is 0 Å². The van der Waals surface area contributed by atoms with Crippen molar-refractivity contribution in [3.05, 3.63) is 0 Å². The Labute approximate surface area is 102 Å². The lowest BCUT2D eigenvalue weighted by Gasteiger charge is -2.71. The molecule has 4 fully saturated rings. The van der Waals surface area contributed by atoms with E-state index < -0.39 is 0 Å². The van der Waals surface area contributed by atoms with Gasteiger partial charge in [-0.3, -0.25) is 4.79 Å². The molecule has 1 saturated heterocycles. The molecule has 0 aromatic heterocycles. The molecular formula is C13H21NOS. The first-order valence-corrected chi connectivity index (χ1v) is 7.43. The summed E-state index contributed by atoms with van der Waals surface area (Å²) in [5.74, 6) is 2.52. The molecule has 1 amide bonds. The van der Waals surface area contributed by atoms with E-state index in [1.807, 2.05) is 0 Å². The molecule has 0 aromatic rings. The van der Waals surface area contributed by atoms with Gasteiger partial charge >= 0.3 is 0 Å². The summed E-state index contributed by atoms with van der Waals surface area (Å²) in [5.41, 5.74) is 0.529. The van der Waals surface area contributed by atoms with Gasteiger partial charge < -0.3 is 4.90 Å². The lowest BCUT2D eigenvalue weighted by Crippen LogP contribution is -2.74. The zero-order chi connectivity index (χ0) is 11.6. The molecule has 0 N–H and O–H groups in total. The van der Waals surface area contributed by atoms with Gasteiger partial charge in [-0.2, -0.15) is 0 Å². The molecule has 3 heteroatoms. The van der Waals surface area contributed by atoms with Crippen LogP contribution < -0.4 is 0 Å². The van der Waals surface area contributed by atoms with E-state index in [9.17, 15) is 4.79 Å². The smallest absolute Gasteiger partial charge is 0.282 e. The van der Waals surface area contributed by atoms with Crippen molar-refractivity contribution >= 4 is 17.0 Å². The van der Waals surface area contributed by atoms with Gasteiger partial charge in [-0.25, -0.2) is 0 Å². The van der Waals surface area contributed by atoms with Crippen LogP contribution in [0.5, 0.6) is 0 Å². The Kier molecular flexibility index (Phi) is 2.18. The van der Waals surface area contributed by atoms with Crippen LogP contribution in [0.15, 0.2) is 0 Å². The lowest BCUT2D eigenvalue weighted by atomic mass is 9.40. The maximum Gasteiger partial charge on any atom is 0.282 e. The Bertz CT molecular complexity index is 341. The van der Waals surface area contributed by atoms with Gasteiger partial charge in [0.2, 0.25) is 0 Å². The predicted octanol–water partition coefficient (Wildman–Crippen LogP) is 3.37. The second-order valence-corrected chi connectivity index (χ2v) is 7.34. The number of fused-ring (bicyclic) bond motifs is 2. The van der Waals surface area contributed by atoms with Crippen molar-refractivity contribution in [2.75, 3.05) is 12.3 Å². The quantitative estimate of drug-likeness (QED) is 0.699. The van der Waals surface area contributed by atoms with Crippen LogP contribution >= 0.6 is 11.8 Å². The van der Waals surface area contributed by atoms with Gasteiger partial charge in [-0.05, 0) is 36.5 Å². The molecule has 1 aliphatic heterocycles. The van der Waals surface area contributed by atoms with Crippen LogP contribution in [0.3, 0.4) is 0 Å². The first kappa shape index (κ1) is 10.9. The minimum Gasteiger partial charge on any atom is -0.326 e. The Morgan fingerprint density at radius 2 is 2.12 bits per heavy atom. The fourth-order valence-corrected chi connectivity index (χ4v) is 5.44. The molecule has 0 aromatic carbocycles. The minimum atomic E-state index is 0.191. The second kappa shape index (κ2) is 3.18. The third-order valence-corrected chi connectivity index (χ3v) is 6.55. The lowest BCUT2D eigenvalue weighted by molar-refractivity contribution is -0.190. The number of carbonyl (C=O) groups excluding carboxylic acids is 1.